The Labute approximate surface area is 164 Å². The maximum Gasteiger partial charge on any atom is 0.227 e. The van der Waals surface area contributed by atoms with Crippen molar-refractivity contribution in [1.29, 1.82) is 0 Å². The molecule has 6 nitrogen and oxygen atoms in total. The van der Waals surface area contributed by atoms with Crippen molar-refractivity contribution in [3.8, 4) is 0 Å². The van der Waals surface area contributed by atoms with Gasteiger partial charge in [-0.15, -0.1) is 0 Å². The zero-order chi connectivity index (χ0) is 18.9. The molecule has 0 spiro atoms. The van der Waals surface area contributed by atoms with Crippen molar-refractivity contribution in [2.75, 3.05) is 44.3 Å². The molecule has 6 heteroatoms. The number of nitrogens with zero attached hydrogens (tertiary/aromatic N) is 4. The predicted molar refractivity (Wildman–Crippen MR) is 109 cm³/mol. The number of carbonyl (C=O) groups excluding carboxylic acids is 1. The number of benzene rings is 2. The van der Waals surface area contributed by atoms with Gasteiger partial charge in [-0.05, 0) is 35.7 Å². The molecule has 1 aromatic heterocycles. The second kappa shape index (κ2) is 7.36. The highest BCUT2D eigenvalue weighted by molar-refractivity contribution is 6.01. The van der Waals surface area contributed by atoms with Crippen LogP contribution in [0.2, 0.25) is 0 Å². The van der Waals surface area contributed by atoms with Crippen molar-refractivity contribution in [3.63, 3.8) is 0 Å². The van der Waals surface area contributed by atoms with Crippen molar-refractivity contribution < 1.29 is 9.53 Å². The second-order valence-electron chi connectivity index (χ2n) is 7.64. The molecule has 0 bridgehead atoms. The first-order chi connectivity index (χ1) is 13.8. The molecule has 3 aromatic rings. The van der Waals surface area contributed by atoms with Gasteiger partial charge in [-0.3, -0.25) is 4.79 Å². The normalized spacial score (nSPS) is 20.6. The van der Waals surface area contributed by atoms with Crippen LogP contribution in [0.3, 0.4) is 0 Å². The van der Waals surface area contributed by atoms with Gasteiger partial charge in [0.05, 0.1) is 24.6 Å². The van der Waals surface area contributed by atoms with Crippen molar-refractivity contribution >= 4 is 33.4 Å². The zero-order valence-electron chi connectivity index (χ0n) is 15.9. The van der Waals surface area contributed by atoms with E-state index in [-0.39, 0.29) is 11.8 Å². The van der Waals surface area contributed by atoms with Crippen molar-refractivity contribution in [1.82, 2.24) is 14.9 Å². The van der Waals surface area contributed by atoms with E-state index in [1.54, 1.807) is 6.33 Å². The average molecular weight is 376 g/mol. The minimum absolute atomic E-state index is 0.0253. The number of anilines is 1. The molecule has 1 unspecified atom stereocenters. The number of morpholine rings is 1. The first-order valence-corrected chi connectivity index (χ1v) is 10.0. The number of piperidine rings is 1. The third-order valence-corrected chi connectivity index (χ3v) is 5.87. The summed E-state index contributed by atoms with van der Waals surface area (Å²) in [5, 5.41) is 3.42. The van der Waals surface area contributed by atoms with Crippen LogP contribution >= 0.6 is 0 Å². The van der Waals surface area contributed by atoms with Crippen LogP contribution in [0.5, 0.6) is 0 Å². The minimum Gasteiger partial charge on any atom is -0.378 e. The zero-order valence-corrected chi connectivity index (χ0v) is 15.9. The second-order valence-corrected chi connectivity index (χ2v) is 7.64. The van der Waals surface area contributed by atoms with Gasteiger partial charge in [0.25, 0.3) is 0 Å². The lowest BCUT2D eigenvalue weighted by atomic mass is 9.96. The van der Waals surface area contributed by atoms with Gasteiger partial charge in [0.1, 0.15) is 12.1 Å². The average Bonchev–Trinajstić information content (AvgIpc) is 2.77. The summed E-state index contributed by atoms with van der Waals surface area (Å²) in [5.74, 6) is 1.23. The van der Waals surface area contributed by atoms with E-state index in [9.17, 15) is 4.79 Å². The Morgan fingerprint density at radius 1 is 1.04 bits per heavy atom. The van der Waals surface area contributed by atoms with Gasteiger partial charge in [0.2, 0.25) is 5.91 Å². The summed E-state index contributed by atoms with van der Waals surface area (Å²) in [6, 6.07) is 12.6. The molecule has 1 amide bonds. The highest BCUT2D eigenvalue weighted by Gasteiger charge is 2.31. The maximum atomic E-state index is 13.0. The number of ether oxygens (including phenoxy) is 1. The number of aromatic nitrogens is 2. The van der Waals surface area contributed by atoms with Gasteiger partial charge in [0, 0.05) is 31.6 Å². The molecule has 5 rings (SSSR count). The molecule has 0 aliphatic carbocycles. The number of rotatable bonds is 2. The topological polar surface area (TPSA) is 58.6 Å². The Morgan fingerprint density at radius 2 is 1.82 bits per heavy atom. The molecule has 2 aromatic carbocycles. The largest absolute Gasteiger partial charge is 0.378 e. The highest BCUT2D eigenvalue weighted by Crippen LogP contribution is 2.31. The Kier molecular flexibility index (Phi) is 4.56. The van der Waals surface area contributed by atoms with Gasteiger partial charge in [-0.1, -0.05) is 24.3 Å². The number of amides is 1. The summed E-state index contributed by atoms with van der Waals surface area (Å²) < 4.78 is 5.39. The monoisotopic (exact) mass is 376 g/mol. The molecule has 2 saturated heterocycles. The van der Waals surface area contributed by atoms with Crippen LogP contribution in [0.4, 0.5) is 5.82 Å². The molecule has 0 saturated carbocycles. The quantitative estimate of drug-likeness (QED) is 0.644. The Morgan fingerprint density at radius 3 is 2.64 bits per heavy atom. The summed E-state index contributed by atoms with van der Waals surface area (Å²) in [6.07, 6.45) is 3.58. The van der Waals surface area contributed by atoms with Crippen LogP contribution < -0.4 is 4.90 Å². The maximum absolute atomic E-state index is 13.0. The smallest absolute Gasteiger partial charge is 0.227 e. The molecule has 2 aliphatic rings. The van der Waals surface area contributed by atoms with Crippen LogP contribution in [0.15, 0.2) is 42.7 Å². The molecular formula is C22H24N4O2. The molecular weight excluding hydrogens is 352 g/mol. The van der Waals surface area contributed by atoms with E-state index in [1.807, 2.05) is 11.0 Å². The lowest BCUT2D eigenvalue weighted by Gasteiger charge is -2.37. The predicted octanol–water partition coefficient (Wildman–Crippen LogP) is 2.86. The fraction of sp³-hybridized carbons (Fsp3) is 0.409. The van der Waals surface area contributed by atoms with E-state index < -0.39 is 0 Å². The van der Waals surface area contributed by atoms with Crippen molar-refractivity contribution in [2.45, 2.75) is 12.8 Å². The van der Waals surface area contributed by atoms with Gasteiger partial charge in [-0.2, -0.15) is 0 Å². The molecule has 2 aliphatic heterocycles. The van der Waals surface area contributed by atoms with E-state index in [0.717, 1.165) is 42.7 Å². The summed E-state index contributed by atoms with van der Waals surface area (Å²) in [4.78, 5) is 26.3. The van der Waals surface area contributed by atoms with Crippen LogP contribution in [0, 0.1) is 5.92 Å². The molecule has 3 heterocycles. The molecule has 28 heavy (non-hydrogen) atoms. The Bertz CT molecular complexity index is 1020. The standard InChI is InChI=1S/C22H24N4O2/c27-22(25-8-10-28-11-9-25)18-6-3-7-26(14-18)21-19-12-16-4-1-2-5-17(16)13-20(19)23-15-24-21/h1-2,4-5,12-13,15,18H,3,6-11,14H2. The Hall–Kier alpha value is -2.73. The first kappa shape index (κ1) is 17.4. The molecule has 144 valence electrons. The summed E-state index contributed by atoms with van der Waals surface area (Å²) >= 11 is 0. The number of hydrogen-bond acceptors (Lipinski definition) is 5. The van der Waals surface area contributed by atoms with Gasteiger partial charge in [0.15, 0.2) is 0 Å². The van der Waals surface area contributed by atoms with Gasteiger partial charge >= 0.3 is 0 Å². The SMILES string of the molecule is O=C(C1CCCN(c2ncnc3cc4ccccc4cc23)C1)N1CCOCC1. The summed E-state index contributed by atoms with van der Waals surface area (Å²) in [7, 11) is 0. The van der Waals surface area contributed by atoms with Crippen LogP contribution in [-0.4, -0.2) is 60.2 Å². The summed E-state index contributed by atoms with van der Waals surface area (Å²) in [5.41, 5.74) is 0.949. The Balaban J connectivity index is 1.45. The number of hydrogen-bond donors (Lipinski definition) is 0. The van der Waals surface area contributed by atoms with Crippen LogP contribution in [-0.2, 0) is 9.53 Å². The van der Waals surface area contributed by atoms with E-state index in [4.69, 9.17) is 4.74 Å². The highest BCUT2D eigenvalue weighted by atomic mass is 16.5. The molecule has 0 N–H and O–H groups in total. The molecule has 2 fully saturated rings. The number of carbonyl (C=O) groups is 1. The minimum atomic E-state index is 0.0253. The van der Waals surface area contributed by atoms with E-state index >= 15 is 0 Å². The lowest BCUT2D eigenvalue weighted by molar-refractivity contribution is -0.139. The van der Waals surface area contributed by atoms with Gasteiger partial charge < -0.3 is 14.5 Å². The van der Waals surface area contributed by atoms with Crippen LogP contribution in [0.1, 0.15) is 12.8 Å². The van der Waals surface area contributed by atoms with Crippen LogP contribution in [0.25, 0.3) is 21.7 Å². The van der Waals surface area contributed by atoms with E-state index in [2.05, 4.69) is 45.2 Å². The van der Waals surface area contributed by atoms with Gasteiger partial charge in [-0.25, -0.2) is 9.97 Å². The molecule has 1 atom stereocenters. The lowest BCUT2D eigenvalue weighted by Crippen LogP contribution is -2.48. The fourth-order valence-corrected chi connectivity index (χ4v) is 4.39. The fourth-order valence-electron chi connectivity index (χ4n) is 4.39. The third-order valence-electron chi connectivity index (χ3n) is 5.87. The first-order valence-electron chi connectivity index (χ1n) is 10.0. The van der Waals surface area contributed by atoms with E-state index in [0.29, 0.717) is 26.3 Å². The van der Waals surface area contributed by atoms with E-state index in [1.165, 1.54) is 10.8 Å². The third kappa shape index (κ3) is 3.18. The van der Waals surface area contributed by atoms with Crippen molar-refractivity contribution in [2.24, 2.45) is 5.92 Å². The number of fused-ring (bicyclic) bond motifs is 2. The molecule has 0 radical (unpaired) electrons. The van der Waals surface area contributed by atoms with Crippen molar-refractivity contribution in [3.05, 3.63) is 42.7 Å². The summed E-state index contributed by atoms with van der Waals surface area (Å²) in [6.45, 7) is 4.34.